The number of aromatic nitrogens is 1. The highest BCUT2D eigenvalue weighted by molar-refractivity contribution is 7.13. The van der Waals surface area contributed by atoms with E-state index in [2.05, 4.69) is 34.7 Å². The van der Waals surface area contributed by atoms with Gasteiger partial charge in [-0.05, 0) is 49.1 Å². The fourth-order valence-corrected chi connectivity index (χ4v) is 4.22. The molecule has 0 bridgehead atoms. The van der Waals surface area contributed by atoms with Gasteiger partial charge in [0.2, 0.25) is 5.91 Å². The van der Waals surface area contributed by atoms with Gasteiger partial charge in [-0.1, -0.05) is 24.3 Å². The number of fused-ring (bicyclic) bond motifs is 1. The molecule has 2 heterocycles. The number of hydrogen-bond donors (Lipinski definition) is 2. The maximum absolute atomic E-state index is 12.6. The summed E-state index contributed by atoms with van der Waals surface area (Å²) in [4.78, 5) is 28.9. The SMILES string of the molecule is Cc1ccccc1-c1nc(CNC(=O)c2ccc3c(c2)CCCC(=O)N3)cs1. The Bertz CT molecular complexity index is 1040. The Labute approximate surface area is 167 Å². The molecule has 1 aromatic heterocycles. The van der Waals surface area contributed by atoms with Gasteiger partial charge in [-0.15, -0.1) is 11.3 Å². The fraction of sp³-hybridized carbons (Fsp3) is 0.227. The third kappa shape index (κ3) is 3.97. The first-order valence-corrected chi connectivity index (χ1v) is 10.2. The molecule has 0 spiro atoms. The van der Waals surface area contributed by atoms with Crippen molar-refractivity contribution in [3.8, 4) is 10.6 Å². The lowest BCUT2D eigenvalue weighted by molar-refractivity contribution is -0.116. The minimum absolute atomic E-state index is 0.0314. The zero-order valence-electron chi connectivity index (χ0n) is 15.6. The number of hydrogen-bond acceptors (Lipinski definition) is 4. The first kappa shape index (κ1) is 18.4. The predicted octanol–water partition coefficient (Wildman–Crippen LogP) is 4.32. The van der Waals surface area contributed by atoms with Crippen molar-refractivity contribution in [2.24, 2.45) is 0 Å². The third-order valence-corrected chi connectivity index (χ3v) is 5.77. The van der Waals surface area contributed by atoms with Crippen LogP contribution >= 0.6 is 11.3 Å². The molecule has 2 N–H and O–H groups in total. The molecule has 0 aliphatic carbocycles. The summed E-state index contributed by atoms with van der Waals surface area (Å²) in [7, 11) is 0. The molecule has 142 valence electrons. The van der Waals surface area contributed by atoms with Gasteiger partial charge in [0.1, 0.15) is 5.01 Å². The fourth-order valence-electron chi connectivity index (χ4n) is 3.31. The molecule has 0 saturated heterocycles. The number of anilines is 1. The van der Waals surface area contributed by atoms with Gasteiger partial charge in [-0.25, -0.2) is 4.98 Å². The van der Waals surface area contributed by atoms with Crippen LogP contribution in [0.4, 0.5) is 5.69 Å². The Balaban J connectivity index is 1.43. The number of benzene rings is 2. The zero-order chi connectivity index (χ0) is 19.5. The van der Waals surface area contributed by atoms with E-state index in [4.69, 9.17) is 0 Å². The summed E-state index contributed by atoms with van der Waals surface area (Å²) < 4.78 is 0. The predicted molar refractivity (Wildman–Crippen MR) is 111 cm³/mol. The van der Waals surface area contributed by atoms with Crippen LogP contribution in [0.15, 0.2) is 47.8 Å². The Hall–Kier alpha value is -2.99. The van der Waals surface area contributed by atoms with Crippen LogP contribution in [0.2, 0.25) is 0 Å². The highest BCUT2D eigenvalue weighted by Gasteiger charge is 2.15. The van der Waals surface area contributed by atoms with Crippen LogP contribution in [-0.2, 0) is 17.8 Å². The van der Waals surface area contributed by atoms with Crippen molar-refractivity contribution >= 4 is 28.8 Å². The molecular weight excluding hydrogens is 370 g/mol. The quantitative estimate of drug-likeness (QED) is 0.696. The molecular formula is C22H21N3O2S. The molecule has 2 amide bonds. The number of amides is 2. The Morgan fingerprint density at radius 2 is 2.07 bits per heavy atom. The van der Waals surface area contributed by atoms with E-state index in [1.807, 2.05) is 29.6 Å². The summed E-state index contributed by atoms with van der Waals surface area (Å²) in [5.74, 6) is -0.104. The first-order chi connectivity index (χ1) is 13.6. The highest BCUT2D eigenvalue weighted by Crippen LogP contribution is 2.27. The summed E-state index contributed by atoms with van der Waals surface area (Å²) in [6.45, 7) is 2.45. The molecule has 0 radical (unpaired) electrons. The second kappa shape index (κ2) is 7.94. The molecule has 4 rings (SSSR count). The van der Waals surface area contributed by atoms with Gasteiger partial charge in [0.05, 0.1) is 12.2 Å². The average Bonchev–Trinajstić information content (AvgIpc) is 3.08. The van der Waals surface area contributed by atoms with Crippen molar-refractivity contribution in [2.75, 3.05) is 5.32 Å². The maximum Gasteiger partial charge on any atom is 0.251 e. The smallest absolute Gasteiger partial charge is 0.251 e. The molecule has 6 heteroatoms. The van der Waals surface area contributed by atoms with Crippen molar-refractivity contribution in [1.82, 2.24) is 10.3 Å². The van der Waals surface area contributed by atoms with E-state index in [1.54, 1.807) is 17.4 Å². The van der Waals surface area contributed by atoms with Crippen LogP contribution in [0.5, 0.6) is 0 Å². The molecule has 0 fully saturated rings. The van der Waals surface area contributed by atoms with Crippen molar-refractivity contribution in [3.05, 3.63) is 70.2 Å². The highest BCUT2D eigenvalue weighted by atomic mass is 32.1. The lowest BCUT2D eigenvalue weighted by Gasteiger charge is -2.09. The standard InChI is InChI=1S/C22H21N3O2S/c1-14-5-2-3-7-18(14)22-24-17(13-28-22)12-23-21(27)16-9-10-19-15(11-16)6-4-8-20(26)25-19/h2-3,5,7,9-11,13H,4,6,8,12H2,1H3,(H,23,27)(H,25,26). The Kier molecular flexibility index (Phi) is 5.21. The second-order valence-corrected chi connectivity index (χ2v) is 7.77. The monoisotopic (exact) mass is 391 g/mol. The summed E-state index contributed by atoms with van der Waals surface area (Å²) in [6.07, 6.45) is 2.11. The molecule has 0 saturated carbocycles. The third-order valence-electron chi connectivity index (χ3n) is 4.85. The van der Waals surface area contributed by atoms with E-state index >= 15 is 0 Å². The number of aryl methyl sites for hydroxylation is 2. The van der Waals surface area contributed by atoms with E-state index in [0.717, 1.165) is 40.4 Å². The molecule has 2 aromatic carbocycles. The van der Waals surface area contributed by atoms with Gasteiger partial charge < -0.3 is 10.6 Å². The van der Waals surface area contributed by atoms with Crippen molar-refractivity contribution in [1.29, 1.82) is 0 Å². The molecule has 0 unspecified atom stereocenters. The van der Waals surface area contributed by atoms with E-state index in [1.165, 1.54) is 5.56 Å². The van der Waals surface area contributed by atoms with Crippen molar-refractivity contribution in [2.45, 2.75) is 32.7 Å². The summed E-state index contributed by atoms with van der Waals surface area (Å²) in [5, 5.41) is 8.78. The minimum atomic E-state index is -0.135. The number of carbonyl (C=O) groups is 2. The largest absolute Gasteiger partial charge is 0.346 e. The summed E-state index contributed by atoms with van der Waals surface area (Å²) in [5.41, 5.74) is 5.57. The lowest BCUT2D eigenvalue weighted by atomic mass is 10.0. The Morgan fingerprint density at radius 3 is 2.93 bits per heavy atom. The molecule has 5 nitrogen and oxygen atoms in total. The number of nitrogens with one attached hydrogen (secondary N) is 2. The minimum Gasteiger partial charge on any atom is -0.346 e. The summed E-state index contributed by atoms with van der Waals surface area (Å²) in [6, 6.07) is 13.6. The number of thiazole rings is 1. The molecule has 1 aliphatic rings. The van der Waals surface area contributed by atoms with Crippen LogP contribution in [0, 0.1) is 6.92 Å². The van der Waals surface area contributed by atoms with Gasteiger partial charge in [-0.2, -0.15) is 0 Å². The van der Waals surface area contributed by atoms with Crippen LogP contribution in [0.25, 0.3) is 10.6 Å². The van der Waals surface area contributed by atoms with E-state index < -0.39 is 0 Å². The van der Waals surface area contributed by atoms with Gasteiger partial charge in [-0.3, -0.25) is 9.59 Å². The first-order valence-electron chi connectivity index (χ1n) is 9.31. The molecule has 1 aliphatic heterocycles. The van der Waals surface area contributed by atoms with Gasteiger partial charge in [0, 0.05) is 28.6 Å². The maximum atomic E-state index is 12.6. The van der Waals surface area contributed by atoms with Crippen molar-refractivity contribution < 1.29 is 9.59 Å². The number of carbonyl (C=O) groups excluding carboxylic acids is 2. The Morgan fingerprint density at radius 1 is 1.21 bits per heavy atom. The second-order valence-electron chi connectivity index (χ2n) is 6.92. The van der Waals surface area contributed by atoms with Gasteiger partial charge in [0.15, 0.2) is 0 Å². The average molecular weight is 391 g/mol. The molecule has 28 heavy (non-hydrogen) atoms. The number of nitrogens with zero attached hydrogens (tertiary/aromatic N) is 1. The van der Waals surface area contributed by atoms with Gasteiger partial charge >= 0.3 is 0 Å². The summed E-state index contributed by atoms with van der Waals surface area (Å²) >= 11 is 1.58. The van der Waals surface area contributed by atoms with Crippen LogP contribution in [-0.4, -0.2) is 16.8 Å². The van der Waals surface area contributed by atoms with Gasteiger partial charge in [0.25, 0.3) is 5.91 Å². The van der Waals surface area contributed by atoms with Crippen molar-refractivity contribution in [3.63, 3.8) is 0 Å². The van der Waals surface area contributed by atoms with Crippen LogP contribution in [0.3, 0.4) is 0 Å². The zero-order valence-corrected chi connectivity index (χ0v) is 16.4. The van der Waals surface area contributed by atoms with E-state index in [0.29, 0.717) is 18.5 Å². The van der Waals surface area contributed by atoms with E-state index in [9.17, 15) is 9.59 Å². The number of rotatable bonds is 4. The normalized spacial score (nSPS) is 13.4. The topological polar surface area (TPSA) is 71.1 Å². The lowest BCUT2D eigenvalue weighted by Crippen LogP contribution is -2.23. The van der Waals surface area contributed by atoms with Crippen LogP contribution in [0.1, 0.15) is 40.0 Å². The van der Waals surface area contributed by atoms with E-state index in [-0.39, 0.29) is 11.8 Å². The molecule has 0 atom stereocenters. The molecule has 3 aromatic rings. The van der Waals surface area contributed by atoms with Crippen LogP contribution < -0.4 is 10.6 Å².